The van der Waals surface area contributed by atoms with Crippen molar-refractivity contribution in [1.29, 1.82) is 0 Å². The number of aromatic nitrogens is 2. The average molecular weight is 430 g/mol. The van der Waals surface area contributed by atoms with Gasteiger partial charge < -0.3 is 4.74 Å². The van der Waals surface area contributed by atoms with Crippen LogP contribution in [0.15, 0.2) is 48.7 Å². The van der Waals surface area contributed by atoms with Crippen molar-refractivity contribution >= 4 is 39.9 Å². The van der Waals surface area contributed by atoms with Crippen molar-refractivity contribution in [1.82, 2.24) is 9.97 Å². The molecule has 0 N–H and O–H groups in total. The van der Waals surface area contributed by atoms with Crippen molar-refractivity contribution in [2.24, 2.45) is 0 Å². The van der Waals surface area contributed by atoms with Crippen LogP contribution in [0.1, 0.15) is 38.3 Å². The summed E-state index contributed by atoms with van der Waals surface area (Å²) in [6, 6.07) is 13.0. The van der Waals surface area contributed by atoms with Crippen LogP contribution in [0.5, 0.6) is 0 Å². The monoisotopic (exact) mass is 429 g/mol. The summed E-state index contributed by atoms with van der Waals surface area (Å²) in [5, 5.41) is 0.849. The number of halogens is 1. The highest BCUT2D eigenvalue weighted by molar-refractivity contribution is 7.16. The van der Waals surface area contributed by atoms with E-state index in [9.17, 15) is 9.59 Å². The van der Waals surface area contributed by atoms with Crippen molar-refractivity contribution in [3.8, 4) is 0 Å². The van der Waals surface area contributed by atoms with Gasteiger partial charge in [-0.15, -0.1) is 11.3 Å². The van der Waals surface area contributed by atoms with E-state index in [1.54, 1.807) is 19.9 Å². The van der Waals surface area contributed by atoms with Gasteiger partial charge in [-0.25, -0.2) is 9.78 Å². The molecule has 0 saturated heterocycles. The lowest BCUT2D eigenvalue weighted by atomic mass is 10.1. The third-order valence-corrected chi connectivity index (χ3v) is 5.37. The minimum Gasteiger partial charge on any atom is -0.461 e. The van der Waals surface area contributed by atoms with Crippen LogP contribution in [0.4, 0.5) is 5.13 Å². The fourth-order valence-corrected chi connectivity index (χ4v) is 3.80. The fourth-order valence-electron chi connectivity index (χ4n) is 2.72. The minimum atomic E-state index is -0.496. The molecule has 0 spiro atoms. The molecular formula is C21H20ClN3O3S. The summed E-state index contributed by atoms with van der Waals surface area (Å²) in [4.78, 5) is 36.1. The SMILES string of the molecule is CCOC(=O)c1nc(N(CCc2ccccc2)C(=O)c2cc(Cl)ccn2)sc1C. The molecule has 2 aromatic heterocycles. The summed E-state index contributed by atoms with van der Waals surface area (Å²) in [6.07, 6.45) is 2.11. The summed E-state index contributed by atoms with van der Waals surface area (Å²) in [5.74, 6) is -0.823. The summed E-state index contributed by atoms with van der Waals surface area (Å²) >= 11 is 7.30. The Morgan fingerprint density at radius 3 is 2.66 bits per heavy atom. The smallest absolute Gasteiger partial charge is 0.358 e. The number of rotatable bonds is 7. The number of pyridine rings is 1. The zero-order valence-corrected chi connectivity index (χ0v) is 17.7. The number of aryl methyl sites for hydroxylation is 1. The second kappa shape index (κ2) is 9.62. The Morgan fingerprint density at radius 1 is 1.21 bits per heavy atom. The second-order valence-corrected chi connectivity index (χ2v) is 7.79. The summed E-state index contributed by atoms with van der Waals surface area (Å²) in [7, 11) is 0. The van der Waals surface area contributed by atoms with Gasteiger partial charge in [0.15, 0.2) is 10.8 Å². The molecule has 0 aliphatic carbocycles. The van der Waals surface area contributed by atoms with Crippen LogP contribution in [-0.2, 0) is 11.2 Å². The molecule has 0 aliphatic rings. The predicted octanol–water partition coefficient (Wildman–Crippen LogP) is 4.57. The molecule has 0 saturated carbocycles. The lowest BCUT2D eigenvalue weighted by Crippen LogP contribution is -2.33. The standard InChI is InChI=1S/C21H20ClN3O3S/c1-3-28-20(27)18-14(2)29-21(24-18)25(12-10-15-7-5-4-6-8-15)19(26)17-13-16(22)9-11-23-17/h4-9,11,13H,3,10,12H2,1-2H3. The maximum atomic E-state index is 13.2. The van der Waals surface area contributed by atoms with Crippen molar-refractivity contribution in [3.63, 3.8) is 0 Å². The molecule has 0 atom stereocenters. The molecule has 1 amide bonds. The van der Waals surface area contributed by atoms with Gasteiger partial charge in [0, 0.05) is 22.6 Å². The number of esters is 1. The molecule has 0 radical (unpaired) electrons. The van der Waals surface area contributed by atoms with E-state index in [1.165, 1.54) is 28.5 Å². The third kappa shape index (κ3) is 5.19. The molecule has 0 aliphatic heterocycles. The maximum absolute atomic E-state index is 13.2. The number of hydrogen-bond acceptors (Lipinski definition) is 6. The Balaban J connectivity index is 1.93. The van der Waals surface area contributed by atoms with Crippen molar-refractivity contribution < 1.29 is 14.3 Å². The molecule has 2 heterocycles. The molecule has 0 bridgehead atoms. The first-order valence-electron chi connectivity index (χ1n) is 9.11. The number of carbonyl (C=O) groups is 2. The zero-order valence-electron chi connectivity index (χ0n) is 16.1. The highest BCUT2D eigenvalue weighted by atomic mass is 35.5. The van der Waals surface area contributed by atoms with E-state index in [2.05, 4.69) is 9.97 Å². The Bertz CT molecular complexity index is 1010. The average Bonchev–Trinajstić information content (AvgIpc) is 3.10. The molecule has 0 fully saturated rings. The van der Waals surface area contributed by atoms with Crippen molar-refractivity contribution in [3.05, 3.63) is 75.5 Å². The van der Waals surface area contributed by atoms with Gasteiger partial charge in [-0.1, -0.05) is 41.9 Å². The van der Waals surface area contributed by atoms with E-state index in [0.717, 1.165) is 5.56 Å². The number of ether oxygens (including phenoxy) is 1. The van der Waals surface area contributed by atoms with Crippen LogP contribution >= 0.6 is 22.9 Å². The highest BCUT2D eigenvalue weighted by Crippen LogP contribution is 2.28. The zero-order chi connectivity index (χ0) is 20.8. The van der Waals surface area contributed by atoms with E-state index in [4.69, 9.17) is 16.3 Å². The third-order valence-electron chi connectivity index (χ3n) is 4.14. The number of benzene rings is 1. The number of thiazole rings is 1. The molecule has 0 unspecified atom stereocenters. The summed E-state index contributed by atoms with van der Waals surface area (Å²) in [6.45, 7) is 4.16. The first kappa shape index (κ1) is 21.0. The summed E-state index contributed by atoms with van der Waals surface area (Å²) < 4.78 is 5.06. The van der Waals surface area contributed by atoms with E-state index in [1.807, 2.05) is 30.3 Å². The molecule has 3 rings (SSSR count). The van der Waals surface area contributed by atoms with Crippen LogP contribution in [0, 0.1) is 6.92 Å². The normalized spacial score (nSPS) is 10.6. The largest absolute Gasteiger partial charge is 0.461 e. The predicted molar refractivity (Wildman–Crippen MR) is 114 cm³/mol. The Hall–Kier alpha value is -2.77. The van der Waals surface area contributed by atoms with Gasteiger partial charge in [0.05, 0.1) is 6.61 Å². The lowest BCUT2D eigenvalue weighted by Gasteiger charge is -2.19. The Labute approximate surface area is 178 Å². The lowest BCUT2D eigenvalue weighted by molar-refractivity contribution is 0.0519. The second-order valence-electron chi connectivity index (χ2n) is 6.17. The number of anilines is 1. The first-order chi connectivity index (χ1) is 14.0. The first-order valence-corrected chi connectivity index (χ1v) is 10.3. The molecule has 6 nitrogen and oxygen atoms in total. The van der Waals surface area contributed by atoms with E-state index >= 15 is 0 Å². The van der Waals surface area contributed by atoms with Gasteiger partial charge in [0.1, 0.15) is 5.69 Å². The van der Waals surface area contributed by atoms with Gasteiger partial charge in [-0.05, 0) is 38.0 Å². The molecule has 3 aromatic rings. The molecule has 150 valence electrons. The van der Waals surface area contributed by atoms with Crippen molar-refractivity contribution in [2.75, 3.05) is 18.1 Å². The van der Waals surface area contributed by atoms with E-state index in [0.29, 0.717) is 28.0 Å². The molecule has 1 aromatic carbocycles. The number of hydrogen-bond donors (Lipinski definition) is 0. The van der Waals surface area contributed by atoms with E-state index < -0.39 is 5.97 Å². The number of amides is 1. The Kier molecular flexibility index (Phi) is 6.95. The van der Waals surface area contributed by atoms with Gasteiger partial charge in [0.25, 0.3) is 5.91 Å². The number of carbonyl (C=O) groups excluding carboxylic acids is 2. The highest BCUT2D eigenvalue weighted by Gasteiger charge is 2.25. The van der Waals surface area contributed by atoms with Crippen LogP contribution in [0.2, 0.25) is 5.02 Å². The van der Waals surface area contributed by atoms with Crippen molar-refractivity contribution in [2.45, 2.75) is 20.3 Å². The van der Waals surface area contributed by atoms with Gasteiger partial charge >= 0.3 is 5.97 Å². The molecule has 8 heteroatoms. The van der Waals surface area contributed by atoms with E-state index in [-0.39, 0.29) is 23.9 Å². The number of nitrogens with zero attached hydrogens (tertiary/aromatic N) is 3. The summed E-state index contributed by atoms with van der Waals surface area (Å²) in [5.41, 5.74) is 1.53. The quantitative estimate of drug-likeness (QED) is 0.514. The fraction of sp³-hybridized carbons (Fsp3) is 0.238. The Morgan fingerprint density at radius 2 is 1.97 bits per heavy atom. The molecular weight excluding hydrogens is 410 g/mol. The minimum absolute atomic E-state index is 0.219. The molecule has 29 heavy (non-hydrogen) atoms. The van der Waals surface area contributed by atoms with Crippen LogP contribution in [0.25, 0.3) is 0 Å². The van der Waals surface area contributed by atoms with Gasteiger partial charge in [-0.2, -0.15) is 0 Å². The topological polar surface area (TPSA) is 72.4 Å². The van der Waals surface area contributed by atoms with Crippen LogP contribution in [0.3, 0.4) is 0 Å². The van der Waals surface area contributed by atoms with Gasteiger partial charge in [-0.3, -0.25) is 14.7 Å². The van der Waals surface area contributed by atoms with Crippen LogP contribution < -0.4 is 4.90 Å². The van der Waals surface area contributed by atoms with Crippen LogP contribution in [-0.4, -0.2) is 35.0 Å². The van der Waals surface area contributed by atoms with Gasteiger partial charge in [0.2, 0.25) is 0 Å². The maximum Gasteiger partial charge on any atom is 0.358 e.